The summed E-state index contributed by atoms with van der Waals surface area (Å²) in [4.78, 5) is 4.00. The number of hydrogen-bond acceptors (Lipinski definition) is 4. The maximum absolute atomic E-state index is 12.6. The van der Waals surface area contributed by atoms with E-state index in [4.69, 9.17) is 5.73 Å². The maximum atomic E-state index is 12.6. The Bertz CT molecular complexity index is 751. The molecule has 106 valence electrons. The summed E-state index contributed by atoms with van der Waals surface area (Å²) >= 11 is 0. The Labute approximate surface area is 117 Å². The zero-order valence-electron chi connectivity index (χ0n) is 11.2. The van der Waals surface area contributed by atoms with Gasteiger partial charge in [-0.15, -0.1) is 0 Å². The van der Waals surface area contributed by atoms with Crippen LogP contribution in [0.15, 0.2) is 35.7 Å². The van der Waals surface area contributed by atoms with Crippen molar-refractivity contribution in [1.29, 1.82) is 0 Å². The second kappa shape index (κ2) is 4.52. The van der Waals surface area contributed by atoms with Gasteiger partial charge in [-0.05, 0) is 31.0 Å². The largest absolute Gasteiger partial charge is 0.399 e. The molecule has 0 bridgehead atoms. The van der Waals surface area contributed by atoms with Gasteiger partial charge in [-0.2, -0.15) is 8.42 Å². The SMILES string of the molecule is CCn1cnc(S(=O)(=O)N2CCc3ccc(N)cc32)c1. The van der Waals surface area contributed by atoms with Crippen molar-refractivity contribution in [3.8, 4) is 0 Å². The Hall–Kier alpha value is -2.02. The van der Waals surface area contributed by atoms with Crippen LogP contribution in [0, 0.1) is 0 Å². The molecule has 0 fully saturated rings. The summed E-state index contributed by atoms with van der Waals surface area (Å²) in [6.45, 7) is 3.05. The Balaban J connectivity index is 2.04. The third-order valence-electron chi connectivity index (χ3n) is 3.49. The molecule has 0 saturated carbocycles. The summed E-state index contributed by atoms with van der Waals surface area (Å²) in [5.41, 5.74) is 7.98. The quantitative estimate of drug-likeness (QED) is 0.863. The van der Waals surface area contributed by atoms with Gasteiger partial charge in [0.2, 0.25) is 0 Å². The normalized spacial score (nSPS) is 14.6. The van der Waals surface area contributed by atoms with E-state index in [0.717, 1.165) is 5.56 Å². The first-order chi connectivity index (χ1) is 9.52. The number of nitrogen functional groups attached to an aromatic ring is 1. The van der Waals surface area contributed by atoms with Crippen LogP contribution >= 0.6 is 0 Å². The summed E-state index contributed by atoms with van der Waals surface area (Å²) in [7, 11) is -3.61. The Kier molecular flexibility index (Phi) is 2.93. The van der Waals surface area contributed by atoms with E-state index in [1.807, 2.05) is 13.0 Å². The summed E-state index contributed by atoms with van der Waals surface area (Å²) in [5, 5.41) is 0.0784. The number of imidazole rings is 1. The van der Waals surface area contributed by atoms with Crippen LogP contribution in [-0.2, 0) is 23.0 Å². The van der Waals surface area contributed by atoms with E-state index in [0.29, 0.717) is 30.9 Å². The van der Waals surface area contributed by atoms with Crippen LogP contribution in [0.3, 0.4) is 0 Å². The minimum atomic E-state index is -3.61. The smallest absolute Gasteiger partial charge is 0.283 e. The molecule has 1 aliphatic rings. The summed E-state index contributed by atoms with van der Waals surface area (Å²) in [5.74, 6) is 0. The molecule has 0 atom stereocenters. The highest BCUT2D eigenvalue weighted by Gasteiger charge is 2.32. The lowest BCUT2D eigenvalue weighted by molar-refractivity contribution is 0.589. The number of anilines is 2. The maximum Gasteiger partial charge on any atom is 0.283 e. The molecule has 20 heavy (non-hydrogen) atoms. The summed E-state index contributed by atoms with van der Waals surface area (Å²) in [6.07, 6.45) is 3.78. The number of nitrogens with zero attached hydrogens (tertiary/aromatic N) is 3. The number of hydrogen-bond donors (Lipinski definition) is 1. The van der Waals surface area contributed by atoms with Gasteiger partial charge in [0.1, 0.15) is 0 Å². The standard InChI is InChI=1S/C13H16N4O2S/c1-2-16-8-13(15-9-16)20(18,19)17-6-5-10-3-4-11(14)7-12(10)17/h3-4,7-9H,2,5-6,14H2,1H3. The van der Waals surface area contributed by atoms with Crippen molar-refractivity contribution in [1.82, 2.24) is 9.55 Å². The number of nitrogens with two attached hydrogens (primary N) is 1. The van der Waals surface area contributed by atoms with Gasteiger partial charge in [0.15, 0.2) is 5.03 Å². The van der Waals surface area contributed by atoms with E-state index in [1.54, 1.807) is 22.9 Å². The molecule has 1 aromatic carbocycles. The lowest BCUT2D eigenvalue weighted by Gasteiger charge is -2.18. The minimum absolute atomic E-state index is 0.0784. The van der Waals surface area contributed by atoms with Crippen LogP contribution in [0.25, 0.3) is 0 Å². The van der Waals surface area contributed by atoms with Gasteiger partial charge < -0.3 is 10.3 Å². The molecule has 1 aliphatic heterocycles. The fraction of sp³-hybridized carbons (Fsp3) is 0.308. The number of aromatic nitrogens is 2. The molecule has 2 N–H and O–H groups in total. The molecule has 1 aromatic heterocycles. The molecule has 0 unspecified atom stereocenters. The third-order valence-corrected chi connectivity index (χ3v) is 5.19. The molecule has 7 heteroatoms. The highest BCUT2D eigenvalue weighted by Crippen LogP contribution is 2.33. The van der Waals surface area contributed by atoms with Crippen LogP contribution < -0.4 is 10.0 Å². The van der Waals surface area contributed by atoms with Gasteiger partial charge in [-0.25, -0.2) is 4.98 Å². The Morgan fingerprint density at radius 3 is 2.90 bits per heavy atom. The molecule has 0 spiro atoms. The van der Waals surface area contributed by atoms with Crippen molar-refractivity contribution in [2.45, 2.75) is 24.9 Å². The topological polar surface area (TPSA) is 81.2 Å². The molecule has 6 nitrogen and oxygen atoms in total. The number of fused-ring (bicyclic) bond motifs is 1. The molecular weight excluding hydrogens is 276 g/mol. The van der Waals surface area contributed by atoms with E-state index in [2.05, 4.69) is 4.98 Å². The summed E-state index contributed by atoms with van der Waals surface area (Å²) in [6, 6.07) is 5.38. The second-order valence-electron chi connectivity index (χ2n) is 4.76. The van der Waals surface area contributed by atoms with Crippen LogP contribution in [-0.4, -0.2) is 24.5 Å². The van der Waals surface area contributed by atoms with Gasteiger partial charge in [0.05, 0.1) is 12.0 Å². The van der Waals surface area contributed by atoms with Crippen molar-refractivity contribution < 1.29 is 8.42 Å². The van der Waals surface area contributed by atoms with E-state index in [9.17, 15) is 8.42 Å². The molecular formula is C13H16N4O2S. The zero-order valence-corrected chi connectivity index (χ0v) is 12.0. The lowest BCUT2D eigenvalue weighted by atomic mass is 10.1. The average molecular weight is 292 g/mol. The van der Waals surface area contributed by atoms with E-state index in [1.165, 1.54) is 10.6 Å². The average Bonchev–Trinajstić information content (AvgIpc) is 3.05. The van der Waals surface area contributed by atoms with Crippen molar-refractivity contribution in [3.05, 3.63) is 36.3 Å². The Morgan fingerprint density at radius 2 is 2.20 bits per heavy atom. The van der Waals surface area contributed by atoms with E-state index >= 15 is 0 Å². The van der Waals surface area contributed by atoms with Crippen LogP contribution in [0.4, 0.5) is 11.4 Å². The van der Waals surface area contributed by atoms with E-state index in [-0.39, 0.29) is 5.03 Å². The molecule has 2 aromatic rings. The number of rotatable bonds is 3. The predicted octanol–water partition coefficient (Wildman–Crippen LogP) is 1.24. The van der Waals surface area contributed by atoms with Crippen molar-refractivity contribution in [2.75, 3.05) is 16.6 Å². The molecule has 0 amide bonds. The van der Waals surface area contributed by atoms with Crippen molar-refractivity contribution in [2.24, 2.45) is 0 Å². The predicted molar refractivity (Wildman–Crippen MR) is 77.0 cm³/mol. The van der Waals surface area contributed by atoms with Crippen molar-refractivity contribution >= 4 is 21.4 Å². The molecule has 2 heterocycles. The first kappa shape index (κ1) is 13.0. The molecule has 0 radical (unpaired) electrons. The highest BCUT2D eigenvalue weighted by atomic mass is 32.2. The van der Waals surface area contributed by atoms with Gasteiger partial charge in [-0.1, -0.05) is 6.07 Å². The third kappa shape index (κ3) is 1.94. The zero-order chi connectivity index (χ0) is 14.3. The monoisotopic (exact) mass is 292 g/mol. The van der Waals surface area contributed by atoms with Gasteiger partial charge in [0.25, 0.3) is 10.0 Å². The number of benzene rings is 1. The first-order valence-corrected chi connectivity index (χ1v) is 7.89. The van der Waals surface area contributed by atoms with Crippen LogP contribution in [0.2, 0.25) is 0 Å². The molecule has 3 rings (SSSR count). The van der Waals surface area contributed by atoms with Crippen LogP contribution in [0.5, 0.6) is 0 Å². The first-order valence-electron chi connectivity index (χ1n) is 6.45. The highest BCUT2D eigenvalue weighted by molar-refractivity contribution is 7.92. The van der Waals surface area contributed by atoms with Crippen molar-refractivity contribution in [3.63, 3.8) is 0 Å². The summed E-state index contributed by atoms with van der Waals surface area (Å²) < 4.78 is 28.4. The molecule has 0 aliphatic carbocycles. The molecule has 0 saturated heterocycles. The number of sulfonamides is 1. The lowest BCUT2D eigenvalue weighted by Crippen LogP contribution is -2.29. The fourth-order valence-electron chi connectivity index (χ4n) is 2.38. The second-order valence-corrected chi connectivity index (χ2v) is 6.57. The number of aryl methyl sites for hydroxylation is 1. The fourth-order valence-corrected chi connectivity index (χ4v) is 3.81. The van der Waals surface area contributed by atoms with Crippen LogP contribution in [0.1, 0.15) is 12.5 Å². The Morgan fingerprint density at radius 1 is 1.40 bits per heavy atom. The van der Waals surface area contributed by atoms with E-state index < -0.39 is 10.0 Å². The van der Waals surface area contributed by atoms with Gasteiger partial charge in [0, 0.05) is 25.0 Å². The van der Waals surface area contributed by atoms with Gasteiger partial charge >= 0.3 is 0 Å². The van der Waals surface area contributed by atoms with Gasteiger partial charge in [-0.3, -0.25) is 4.31 Å². The minimum Gasteiger partial charge on any atom is -0.399 e.